The third-order valence-electron chi connectivity index (χ3n) is 4.06. The first-order chi connectivity index (χ1) is 10.1. The van der Waals surface area contributed by atoms with Crippen LogP contribution >= 0.6 is 11.6 Å². The molecule has 110 valence electrons. The van der Waals surface area contributed by atoms with Crippen LogP contribution in [0.2, 0.25) is 5.02 Å². The molecule has 1 aliphatic carbocycles. The highest BCUT2D eigenvalue weighted by Gasteiger charge is 2.30. The fraction of sp³-hybridized carbons (Fsp3) is 0.294. The maximum absolute atomic E-state index is 10.2. The molecule has 0 saturated carbocycles. The van der Waals surface area contributed by atoms with Gasteiger partial charge in [-0.05, 0) is 35.7 Å². The van der Waals surface area contributed by atoms with Gasteiger partial charge in [0.15, 0.2) is 0 Å². The molecule has 21 heavy (non-hydrogen) atoms. The zero-order valence-electron chi connectivity index (χ0n) is 11.8. The third-order valence-corrected chi connectivity index (χ3v) is 4.28. The molecular formula is C17H18ClNO2. The minimum absolute atomic E-state index is 0.111. The van der Waals surface area contributed by atoms with Crippen molar-refractivity contribution in [2.45, 2.75) is 32.0 Å². The summed E-state index contributed by atoms with van der Waals surface area (Å²) in [6.07, 6.45) is 0.221. The molecule has 0 saturated heterocycles. The largest absolute Gasteiger partial charge is 0.507 e. The first kappa shape index (κ1) is 14.4. The van der Waals surface area contributed by atoms with Gasteiger partial charge in [-0.3, -0.25) is 0 Å². The van der Waals surface area contributed by atoms with Gasteiger partial charge < -0.3 is 15.5 Å². The molecule has 4 heteroatoms. The lowest BCUT2D eigenvalue weighted by Gasteiger charge is -2.19. The Morgan fingerprint density at radius 3 is 2.86 bits per heavy atom. The van der Waals surface area contributed by atoms with Crippen molar-refractivity contribution in [2.24, 2.45) is 0 Å². The van der Waals surface area contributed by atoms with E-state index in [9.17, 15) is 10.2 Å². The molecule has 0 aromatic heterocycles. The zero-order chi connectivity index (χ0) is 15.0. The van der Waals surface area contributed by atoms with E-state index >= 15 is 0 Å². The van der Waals surface area contributed by atoms with E-state index in [0.717, 1.165) is 16.7 Å². The van der Waals surface area contributed by atoms with Crippen LogP contribution in [0, 0.1) is 6.92 Å². The van der Waals surface area contributed by atoms with Crippen molar-refractivity contribution in [3.8, 4) is 5.75 Å². The van der Waals surface area contributed by atoms with Gasteiger partial charge in [-0.2, -0.15) is 0 Å². The lowest BCUT2D eigenvalue weighted by Crippen LogP contribution is -2.28. The second kappa shape index (κ2) is 5.68. The Kier molecular flexibility index (Phi) is 3.89. The summed E-state index contributed by atoms with van der Waals surface area (Å²) in [7, 11) is 0. The Morgan fingerprint density at radius 2 is 2.05 bits per heavy atom. The molecule has 0 spiro atoms. The molecule has 1 aliphatic rings. The molecule has 0 aliphatic heterocycles. The highest BCUT2D eigenvalue weighted by atomic mass is 35.5. The highest BCUT2D eigenvalue weighted by Crippen LogP contribution is 2.32. The van der Waals surface area contributed by atoms with Crippen molar-refractivity contribution in [3.63, 3.8) is 0 Å². The topological polar surface area (TPSA) is 52.5 Å². The van der Waals surface area contributed by atoms with Crippen LogP contribution < -0.4 is 5.32 Å². The lowest BCUT2D eigenvalue weighted by molar-refractivity contribution is 0.140. The number of aliphatic hydroxyl groups is 1. The summed E-state index contributed by atoms with van der Waals surface area (Å²) in [5, 5.41) is 24.2. The summed E-state index contributed by atoms with van der Waals surface area (Å²) < 4.78 is 0. The van der Waals surface area contributed by atoms with Crippen molar-refractivity contribution >= 4 is 11.6 Å². The number of benzene rings is 2. The van der Waals surface area contributed by atoms with Crippen molar-refractivity contribution in [2.75, 3.05) is 0 Å². The van der Waals surface area contributed by atoms with E-state index in [1.54, 1.807) is 12.1 Å². The van der Waals surface area contributed by atoms with E-state index < -0.39 is 6.10 Å². The van der Waals surface area contributed by atoms with Gasteiger partial charge in [0.2, 0.25) is 0 Å². The number of halogens is 1. The quantitative estimate of drug-likeness (QED) is 0.816. The number of aromatic hydroxyl groups is 1. The van der Waals surface area contributed by atoms with Gasteiger partial charge in [0.25, 0.3) is 0 Å². The maximum Gasteiger partial charge on any atom is 0.123 e. The van der Waals surface area contributed by atoms with Crippen LogP contribution in [0.5, 0.6) is 5.75 Å². The molecule has 3 N–H and O–H groups in total. The Morgan fingerprint density at radius 1 is 1.29 bits per heavy atom. The van der Waals surface area contributed by atoms with Gasteiger partial charge in [0.1, 0.15) is 5.75 Å². The van der Waals surface area contributed by atoms with Gasteiger partial charge in [-0.1, -0.05) is 35.9 Å². The van der Waals surface area contributed by atoms with Crippen LogP contribution in [0.25, 0.3) is 0 Å². The molecule has 0 unspecified atom stereocenters. The molecule has 3 rings (SSSR count). The molecule has 0 bridgehead atoms. The Labute approximate surface area is 129 Å². The predicted octanol–water partition coefficient (Wildman–Crippen LogP) is 3.10. The van der Waals surface area contributed by atoms with E-state index in [1.807, 2.05) is 31.2 Å². The molecular weight excluding hydrogens is 286 g/mol. The SMILES string of the molecule is Cc1cc(Cl)cc(CN[C@@H]2c3ccccc3C[C@@H]2O)c1O. The summed E-state index contributed by atoms with van der Waals surface area (Å²) in [5.74, 6) is 0.257. The van der Waals surface area contributed by atoms with Crippen molar-refractivity contribution in [1.82, 2.24) is 5.32 Å². The summed E-state index contributed by atoms with van der Waals surface area (Å²) in [6, 6.07) is 11.4. The van der Waals surface area contributed by atoms with E-state index in [1.165, 1.54) is 5.56 Å². The lowest BCUT2D eigenvalue weighted by atomic mass is 10.1. The Hall–Kier alpha value is -1.55. The number of rotatable bonds is 3. The molecule has 0 heterocycles. The highest BCUT2D eigenvalue weighted by molar-refractivity contribution is 6.30. The Bertz CT molecular complexity index is 672. The molecule has 0 radical (unpaired) electrons. The molecule has 2 aromatic carbocycles. The minimum atomic E-state index is -0.440. The fourth-order valence-electron chi connectivity index (χ4n) is 2.98. The molecule has 0 fully saturated rings. The molecule has 2 aromatic rings. The monoisotopic (exact) mass is 303 g/mol. The van der Waals surface area contributed by atoms with Crippen LogP contribution in [-0.2, 0) is 13.0 Å². The second-order valence-corrected chi connectivity index (χ2v) is 6.00. The van der Waals surface area contributed by atoms with Crippen LogP contribution in [0.1, 0.15) is 28.3 Å². The van der Waals surface area contributed by atoms with Crippen molar-refractivity contribution in [3.05, 3.63) is 63.7 Å². The molecule has 0 amide bonds. The first-order valence-corrected chi connectivity index (χ1v) is 7.41. The van der Waals surface area contributed by atoms with Crippen LogP contribution in [0.4, 0.5) is 0 Å². The second-order valence-electron chi connectivity index (χ2n) is 5.56. The van der Waals surface area contributed by atoms with Crippen LogP contribution in [0.15, 0.2) is 36.4 Å². The number of nitrogens with one attached hydrogen (secondary N) is 1. The fourth-order valence-corrected chi connectivity index (χ4v) is 3.27. The smallest absolute Gasteiger partial charge is 0.123 e. The predicted molar refractivity (Wildman–Crippen MR) is 83.6 cm³/mol. The van der Waals surface area contributed by atoms with E-state index in [2.05, 4.69) is 5.32 Å². The van der Waals surface area contributed by atoms with Gasteiger partial charge in [0.05, 0.1) is 12.1 Å². The van der Waals surface area contributed by atoms with Gasteiger partial charge >= 0.3 is 0 Å². The average molecular weight is 304 g/mol. The third kappa shape index (κ3) is 2.77. The maximum atomic E-state index is 10.2. The Balaban J connectivity index is 1.80. The van der Waals surface area contributed by atoms with Crippen LogP contribution in [-0.4, -0.2) is 16.3 Å². The minimum Gasteiger partial charge on any atom is -0.507 e. The average Bonchev–Trinajstić information content (AvgIpc) is 2.77. The first-order valence-electron chi connectivity index (χ1n) is 7.03. The normalized spacial score (nSPS) is 20.5. The number of aryl methyl sites for hydroxylation is 1. The molecule has 3 nitrogen and oxygen atoms in total. The number of hydrogen-bond donors (Lipinski definition) is 3. The van der Waals surface area contributed by atoms with Crippen molar-refractivity contribution < 1.29 is 10.2 Å². The molecule has 2 atom stereocenters. The van der Waals surface area contributed by atoms with Crippen LogP contribution in [0.3, 0.4) is 0 Å². The summed E-state index contributed by atoms with van der Waals surface area (Å²) in [6.45, 7) is 2.29. The number of phenols is 1. The summed E-state index contributed by atoms with van der Waals surface area (Å²) in [5.41, 5.74) is 3.81. The number of fused-ring (bicyclic) bond motifs is 1. The van der Waals surface area contributed by atoms with Gasteiger partial charge in [-0.15, -0.1) is 0 Å². The zero-order valence-corrected chi connectivity index (χ0v) is 12.6. The summed E-state index contributed by atoms with van der Waals surface area (Å²) >= 11 is 6.04. The number of phenolic OH excluding ortho intramolecular Hbond substituents is 1. The standard InChI is InChI=1S/C17H18ClNO2/c1-10-6-13(18)7-12(17(10)21)9-19-16-14-5-3-2-4-11(14)8-15(16)20/h2-7,15-16,19-21H,8-9H2,1H3/t15-,16+/m0/s1. The van der Waals surface area contributed by atoms with Gasteiger partial charge in [-0.25, -0.2) is 0 Å². The van der Waals surface area contributed by atoms with E-state index in [0.29, 0.717) is 18.0 Å². The summed E-state index contributed by atoms with van der Waals surface area (Å²) in [4.78, 5) is 0. The van der Waals surface area contributed by atoms with E-state index in [-0.39, 0.29) is 11.8 Å². The number of hydrogen-bond acceptors (Lipinski definition) is 3. The van der Waals surface area contributed by atoms with Gasteiger partial charge in [0, 0.05) is 23.6 Å². The van der Waals surface area contributed by atoms with Crippen molar-refractivity contribution in [1.29, 1.82) is 0 Å². The van der Waals surface area contributed by atoms with E-state index in [4.69, 9.17) is 11.6 Å². The number of aliphatic hydroxyl groups excluding tert-OH is 1.